The Morgan fingerprint density at radius 2 is 2.00 bits per heavy atom. The predicted molar refractivity (Wildman–Crippen MR) is 71.7 cm³/mol. The van der Waals surface area contributed by atoms with Gasteiger partial charge in [-0.25, -0.2) is 4.79 Å². The number of hydrogen-bond acceptors (Lipinski definition) is 2. The van der Waals surface area contributed by atoms with Crippen molar-refractivity contribution in [1.29, 1.82) is 0 Å². The van der Waals surface area contributed by atoms with Crippen LogP contribution >= 0.6 is 15.9 Å². The quantitative estimate of drug-likeness (QED) is 0.899. The van der Waals surface area contributed by atoms with Gasteiger partial charge in [0.15, 0.2) is 0 Å². The van der Waals surface area contributed by atoms with Crippen molar-refractivity contribution < 1.29 is 9.53 Å². The molecule has 1 atom stereocenters. The summed E-state index contributed by atoms with van der Waals surface area (Å²) in [5, 5.41) is 0. The average Bonchev–Trinajstić information content (AvgIpc) is 2.17. The summed E-state index contributed by atoms with van der Waals surface area (Å²) in [7, 11) is 0. The molecule has 0 saturated heterocycles. The second-order valence-corrected chi connectivity index (χ2v) is 6.05. The highest BCUT2D eigenvalue weighted by Gasteiger charge is 2.29. The van der Waals surface area contributed by atoms with Crippen LogP contribution in [-0.2, 0) is 4.74 Å². The van der Waals surface area contributed by atoms with Crippen molar-refractivity contribution in [2.45, 2.75) is 33.8 Å². The molecule has 1 unspecified atom stereocenters. The van der Waals surface area contributed by atoms with Gasteiger partial charge in [-0.15, -0.1) is 0 Å². The lowest BCUT2D eigenvalue weighted by Gasteiger charge is -2.30. The van der Waals surface area contributed by atoms with Gasteiger partial charge in [-0.1, -0.05) is 48.8 Å². The lowest BCUT2D eigenvalue weighted by Crippen LogP contribution is -2.27. The molecule has 17 heavy (non-hydrogen) atoms. The van der Waals surface area contributed by atoms with Crippen molar-refractivity contribution in [3.05, 3.63) is 33.8 Å². The topological polar surface area (TPSA) is 52.3 Å². The van der Waals surface area contributed by atoms with E-state index in [1.807, 2.05) is 45.9 Å². The van der Waals surface area contributed by atoms with Gasteiger partial charge in [-0.05, 0) is 24.1 Å². The zero-order valence-electron chi connectivity index (χ0n) is 10.6. The molecule has 1 aromatic carbocycles. The van der Waals surface area contributed by atoms with Gasteiger partial charge in [-0.2, -0.15) is 0 Å². The maximum absolute atomic E-state index is 11.0. The van der Waals surface area contributed by atoms with Crippen molar-refractivity contribution in [2.24, 2.45) is 11.1 Å². The van der Waals surface area contributed by atoms with Crippen LogP contribution < -0.4 is 5.73 Å². The fourth-order valence-electron chi connectivity index (χ4n) is 1.63. The van der Waals surface area contributed by atoms with Crippen molar-refractivity contribution in [1.82, 2.24) is 0 Å². The summed E-state index contributed by atoms with van der Waals surface area (Å²) in [5.41, 5.74) is 7.00. The smallest absolute Gasteiger partial charge is 0.405 e. The van der Waals surface area contributed by atoms with E-state index in [0.29, 0.717) is 0 Å². The SMILES string of the molecule is Cc1ccc(C(OC(N)=O)C(C)(C)C)cc1Br. The van der Waals surface area contributed by atoms with Gasteiger partial charge in [0.2, 0.25) is 0 Å². The van der Waals surface area contributed by atoms with E-state index in [-0.39, 0.29) is 11.5 Å². The number of nitrogens with two attached hydrogens (primary N) is 1. The molecule has 0 saturated carbocycles. The maximum Gasteiger partial charge on any atom is 0.405 e. The van der Waals surface area contributed by atoms with Crippen LogP contribution in [0.4, 0.5) is 4.79 Å². The highest BCUT2D eigenvalue weighted by Crippen LogP contribution is 2.37. The third-order valence-electron chi connectivity index (χ3n) is 2.52. The first-order valence-corrected chi connectivity index (χ1v) is 6.23. The average molecular weight is 300 g/mol. The molecule has 0 aliphatic rings. The predicted octanol–water partition coefficient (Wildman–Crippen LogP) is 3.94. The Hall–Kier alpha value is -1.03. The monoisotopic (exact) mass is 299 g/mol. The molecule has 0 aromatic heterocycles. The highest BCUT2D eigenvalue weighted by atomic mass is 79.9. The molecule has 1 amide bonds. The number of primary amides is 1. The zero-order chi connectivity index (χ0) is 13.2. The zero-order valence-corrected chi connectivity index (χ0v) is 12.2. The summed E-state index contributed by atoms with van der Waals surface area (Å²) in [6.45, 7) is 8.03. The number of aryl methyl sites for hydroxylation is 1. The molecule has 0 spiro atoms. The van der Waals surface area contributed by atoms with Gasteiger partial charge in [0.05, 0.1) is 0 Å². The summed E-state index contributed by atoms with van der Waals surface area (Å²) in [6, 6.07) is 5.91. The number of ether oxygens (including phenoxy) is 1. The van der Waals surface area contributed by atoms with E-state index in [9.17, 15) is 4.79 Å². The Kier molecular flexibility index (Phi) is 4.20. The number of hydrogen-bond donors (Lipinski definition) is 1. The van der Waals surface area contributed by atoms with E-state index >= 15 is 0 Å². The molecular formula is C13H18BrNO2. The number of amides is 1. The molecule has 0 aliphatic carbocycles. The van der Waals surface area contributed by atoms with Crippen LogP contribution in [-0.4, -0.2) is 6.09 Å². The van der Waals surface area contributed by atoms with Crippen LogP contribution in [0, 0.1) is 12.3 Å². The summed E-state index contributed by atoms with van der Waals surface area (Å²) >= 11 is 3.48. The maximum atomic E-state index is 11.0. The van der Waals surface area contributed by atoms with Crippen molar-refractivity contribution in [2.75, 3.05) is 0 Å². The number of carbonyl (C=O) groups excluding carboxylic acids is 1. The Morgan fingerprint density at radius 3 is 2.41 bits per heavy atom. The standard InChI is InChI=1S/C13H18BrNO2/c1-8-5-6-9(7-10(8)14)11(13(2,3)4)17-12(15)16/h5-7,11H,1-4H3,(H2,15,16). The molecule has 1 aromatic rings. The molecule has 0 heterocycles. The summed E-state index contributed by atoms with van der Waals surface area (Å²) in [6.07, 6.45) is -1.10. The summed E-state index contributed by atoms with van der Waals surface area (Å²) in [5.74, 6) is 0. The van der Waals surface area contributed by atoms with Gasteiger partial charge >= 0.3 is 6.09 Å². The normalized spacial score (nSPS) is 13.2. The lowest BCUT2D eigenvalue weighted by molar-refractivity contribution is 0.0359. The molecule has 3 nitrogen and oxygen atoms in total. The third kappa shape index (κ3) is 3.73. The highest BCUT2D eigenvalue weighted by molar-refractivity contribution is 9.10. The lowest BCUT2D eigenvalue weighted by atomic mass is 9.84. The van der Waals surface area contributed by atoms with Crippen LogP contribution in [0.15, 0.2) is 22.7 Å². The van der Waals surface area contributed by atoms with Gasteiger partial charge in [0, 0.05) is 9.89 Å². The van der Waals surface area contributed by atoms with Crippen molar-refractivity contribution in [3.63, 3.8) is 0 Å². The van der Waals surface area contributed by atoms with E-state index in [4.69, 9.17) is 10.5 Å². The van der Waals surface area contributed by atoms with Crippen LogP contribution in [0.25, 0.3) is 0 Å². The molecule has 0 fully saturated rings. The summed E-state index contributed by atoms with van der Waals surface area (Å²) in [4.78, 5) is 11.0. The minimum Gasteiger partial charge on any atom is -0.441 e. The Labute approximate surface area is 110 Å². The second kappa shape index (κ2) is 5.08. The van der Waals surface area contributed by atoms with E-state index in [2.05, 4.69) is 15.9 Å². The van der Waals surface area contributed by atoms with Gasteiger partial charge in [0.1, 0.15) is 6.10 Å². The largest absolute Gasteiger partial charge is 0.441 e. The number of halogens is 1. The third-order valence-corrected chi connectivity index (χ3v) is 3.37. The molecule has 0 radical (unpaired) electrons. The molecular weight excluding hydrogens is 282 g/mol. The van der Waals surface area contributed by atoms with Crippen LogP contribution in [0.1, 0.15) is 38.0 Å². The van der Waals surface area contributed by atoms with E-state index in [1.165, 1.54) is 0 Å². The number of rotatable bonds is 2. The van der Waals surface area contributed by atoms with E-state index in [0.717, 1.165) is 15.6 Å². The van der Waals surface area contributed by atoms with E-state index < -0.39 is 6.09 Å². The Balaban J connectivity index is 3.13. The van der Waals surface area contributed by atoms with Crippen molar-refractivity contribution in [3.8, 4) is 0 Å². The summed E-state index contributed by atoms with van der Waals surface area (Å²) < 4.78 is 6.21. The fraction of sp³-hybridized carbons (Fsp3) is 0.462. The molecule has 94 valence electrons. The minimum absolute atomic E-state index is 0.205. The van der Waals surface area contributed by atoms with Crippen LogP contribution in [0.2, 0.25) is 0 Å². The second-order valence-electron chi connectivity index (χ2n) is 5.19. The molecule has 0 bridgehead atoms. The molecule has 4 heteroatoms. The van der Waals surface area contributed by atoms with E-state index in [1.54, 1.807) is 0 Å². The Morgan fingerprint density at radius 1 is 1.41 bits per heavy atom. The fourth-order valence-corrected chi connectivity index (χ4v) is 2.03. The Bertz CT molecular complexity index is 424. The molecule has 1 rings (SSSR count). The first kappa shape index (κ1) is 14.0. The first-order valence-electron chi connectivity index (χ1n) is 5.44. The van der Waals surface area contributed by atoms with Gasteiger partial charge < -0.3 is 10.5 Å². The van der Waals surface area contributed by atoms with Crippen LogP contribution in [0.3, 0.4) is 0 Å². The van der Waals surface area contributed by atoms with Gasteiger partial charge in [0.25, 0.3) is 0 Å². The van der Waals surface area contributed by atoms with Gasteiger partial charge in [-0.3, -0.25) is 0 Å². The number of benzene rings is 1. The molecule has 2 N–H and O–H groups in total. The van der Waals surface area contributed by atoms with Crippen LogP contribution in [0.5, 0.6) is 0 Å². The minimum atomic E-state index is -0.748. The molecule has 0 aliphatic heterocycles. The first-order chi connectivity index (χ1) is 7.71. The van der Waals surface area contributed by atoms with Crippen molar-refractivity contribution >= 4 is 22.0 Å². The number of carbonyl (C=O) groups is 1.